The van der Waals surface area contributed by atoms with Gasteiger partial charge in [-0.1, -0.05) is 12.5 Å². The van der Waals surface area contributed by atoms with Crippen LogP contribution in [0.4, 0.5) is 0 Å². The lowest BCUT2D eigenvalue weighted by Gasteiger charge is -2.33. The highest BCUT2D eigenvalue weighted by Gasteiger charge is 2.25. The molecule has 1 unspecified atom stereocenters. The van der Waals surface area contributed by atoms with Crippen LogP contribution < -0.4 is 5.32 Å². The fourth-order valence-corrected chi connectivity index (χ4v) is 4.13. The summed E-state index contributed by atoms with van der Waals surface area (Å²) >= 11 is 0. The van der Waals surface area contributed by atoms with Crippen molar-refractivity contribution in [3.05, 3.63) is 53.5 Å². The summed E-state index contributed by atoms with van der Waals surface area (Å²) in [5.41, 5.74) is 1.13. The number of likely N-dealkylation sites (tertiary alicyclic amines) is 1. The van der Waals surface area contributed by atoms with E-state index in [9.17, 15) is 13.2 Å². The molecule has 0 aliphatic carbocycles. The number of piperidine rings is 1. The minimum absolute atomic E-state index is 0.0253. The summed E-state index contributed by atoms with van der Waals surface area (Å²) in [7, 11) is -3.36. The van der Waals surface area contributed by atoms with Crippen LogP contribution in [-0.4, -0.2) is 45.1 Å². The fourth-order valence-electron chi connectivity index (χ4n) is 3.48. The second kappa shape index (κ2) is 8.27. The Bertz CT molecular complexity index is 885. The van der Waals surface area contributed by atoms with Crippen LogP contribution in [0.2, 0.25) is 0 Å². The predicted octanol–water partition coefficient (Wildman–Crippen LogP) is 2.95. The van der Waals surface area contributed by atoms with E-state index in [1.165, 1.54) is 18.6 Å². The predicted molar refractivity (Wildman–Crippen MR) is 103 cm³/mol. The maximum absolute atomic E-state index is 12.7. The van der Waals surface area contributed by atoms with Crippen molar-refractivity contribution in [1.82, 2.24) is 10.2 Å². The van der Waals surface area contributed by atoms with E-state index in [1.807, 2.05) is 12.1 Å². The van der Waals surface area contributed by atoms with E-state index < -0.39 is 9.84 Å². The SMILES string of the molecule is Cc1ccc(S(C)(=O)=O)cc1C(=O)NCC(c1ccco1)N1CCCCC1. The molecule has 1 fully saturated rings. The van der Waals surface area contributed by atoms with E-state index in [1.54, 1.807) is 19.3 Å². The first-order valence-electron chi connectivity index (χ1n) is 9.22. The van der Waals surface area contributed by atoms with Crippen LogP contribution in [0.1, 0.15) is 47.0 Å². The number of aryl methyl sites for hydroxylation is 1. The highest BCUT2D eigenvalue weighted by molar-refractivity contribution is 7.90. The molecule has 3 rings (SSSR count). The minimum atomic E-state index is -3.36. The molecule has 0 bridgehead atoms. The molecule has 1 amide bonds. The summed E-state index contributed by atoms with van der Waals surface area (Å²) in [6.07, 6.45) is 6.29. The lowest BCUT2D eigenvalue weighted by Crippen LogP contribution is -2.40. The monoisotopic (exact) mass is 390 g/mol. The van der Waals surface area contributed by atoms with Crippen molar-refractivity contribution in [2.75, 3.05) is 25.9 Å². The molecule has 6 nitrogen and oxygen atoms in total. The van der Waals surface area contributed by atoms with Gasteiger partial charge >= 0.3 is 0 Å². The van der Waals surface area contributed by atoms with Crippen molar-refractivity contribution >= 4 is 15.7 Å². The van der Waals surface area contributed by atoms with Gasteiger partial charge in [0, 0.05) is 18.4 Å². The van der Waals surface area contributed by atoms with Gasteiger partial charge in [-0.2, -0.15) is 0 Å². The van der Waals surface area contributed by atoms with Gasteiger partial charge in [-0.3, -0.25) is 9.69 Å². The van der Waals surface area contributed by atoms with Gasteiger partial charge in [-0.25, -0.2) is 8.42 Å². The molecule has 0 radical (unpaired) electrons. The number of benzene rings is 1. The molecule has 27 heavy (non-hydrogen) atoms. The number of hydrogen-bond donors (Lipinski definition) is 1. The Labute approximate surface area is 160 Å². The number of rotatable bonds is 6. The summed E-state index contributed by atoms with van der Waals surface area (Å²) in [4.78, 5) is 15.2. The normalized spacial score (nSPS) is 16.8. The minimum Gasteiger partial charge on any atom is -0.468 e. The molecule has 1 aromatic heterocycles. The number of nitrogens with zero attached hydrogens (tertiary/aromatic N) is 1. The fraction of sp³-hybridized carbons (Fsp3) is 0.450. The number of sulfone groups is 1. The number of carbonyl (C=O) groups is 1. The Hall–Kier alpha value is -2.12. The Balaban J connectivity index is 1.76. The Morgan fingerprint density at radius 2 is 1.96 bits per heavy atom. The van der Waals surface area contributed by atoms with Gasteiger partial charge < -0.3 is 9.73 Å². The number of carbonyl (C=O) groups excluding carboxylic acids is 1. The van der Waals surface area contributed by atoms with Gasteiger partial charge in [0.05, 0.1) is 17.2 Å². The maximum atomic E-state index is 12.7. The summed E-state index contributed by atoms with van der Waals surface area (Å²) in [5, 5.41) is 2.97. The molecule has 146 valence electrons. The molecule has 0 saturated carbocycles. The molecule has 1 saturated heterocycles. The molecule has 1 atom stereocenters. The smallest absolute Gasteiger partial charge is 0.251 e. The van der Waals surface area contributed by atoms with Gasteiger partial charge in [0.15, 0.2) is 9.84 Å². The first-order valence-corrected chi connectivity index (χ1v) is 11.1. The summed E-state index contributed by atoms with van der Waals surface area (Å²) in [6, 6.07) is 8.40. The van der Waals surface area contributed by atoms with Crippen LogP contribution >= 0.6 is 0 Å². The van der Waals surface area contributed by atoms with Gasteiger partial charge in [0.25, 0.3) is 5.91 Å². The van der Waals surface area contributed by atoms with Gasteiger partial charge in [0.1, 0.15) is 5.76 Å². The van der Waals surface area contributed by atoms with Crippen molar-refractivity contribution < 1.29 is 17.6 Å². The summed E-state index contributed by atoms with van der Waals surface area (Å²) in [5.74, 6) is 0.561. The number of furan rings is 1. The van der Waals surface area contributed by atoms with E-state index in [0.717, 1.165) is 43.5 Å². The van der Waals surface area contributed by atoms with Crippen LogP contribution in [0.25, 0.3) is 0 Å². The summed E-state index contributed by atoms with van der Waals surface area (Å²) < 4.78 is 29.2. The number of hydrogen-bond acceptors (Lipinski definition) is 5. The van der Waals surface area contributed by atoms with Crippen LogP contribution in [-0.2, 0) is 9.84 Å². The van der Waals surface area contributed by atoms with Gasteiger partial charge in [0.2, 0.25) is 0 Å². The van der Waals surface area contributed by atoms with Crippen molar-refractivity contribution in [2.45, 2.75) is 37.1 Å². The molecule has 1 aromatic carbocycles. The second-order valence-corrected chi connectivity index (χ2v) is 9.10. The van der Waals surface area contributed by atoms with Crippen molar-refractivity contribution in [3.63, 3.8) is 0 Å². The van der Waals surface area contributed by atoms with Crippen LogP contribution in [0.3, 0.4) is 0 Å². The molecule has 1 aliphatic rings. The molecular formula is C20H26N2O4S. The Morgan fingerprint density at radius 3 is 2.59 bits per heavy atom. The quantitative estimate of drug-likeness (QED) is 0.820. The van der Waals surface area contributed by atoms with Crippen molar-refractivity contribution in [1.29, 1.82) is 0 Å². The van der Waals surface area contributed by atoms with Crippen LogP contribution in [0, 0.1) is 6.92 Å². The van der Waals surface area contributed by atoms with Crippen molar-refractivity contribution in [2.24, 2.45) is 0 Å². The average molecular weight is 391 g/mol. The van der Waals surface area contributed by atoms with Gasteiger partial charge in [-0.15, -0.1) is 0 Å². The first kappa shape index (κ1) is 19.6. The van der Waals surface area contributed by atoms with Crippen LogP contribution in [0.5, 0.6) is 0 Å². The van der Waals surface area contributed by atoms with E-state index in [-0.39, 0.29) is 16.8 Å². The maximum Gasteiger partial charge on any atom is 0.251 e. The second-order valence-electron chi connectivity index (χ2n) is 7.09. The third kappa shape index (κ3) is 4.78. The molecule has 2 aromatic rings. The molecule has 1 aliphatic heterocycles. The lowest BCUT2D eigenvalue weighted by molar-refractivity contribution is 0.0913. The average Bonchev–Trinajstić information content (AvgIpc) is 3.16. The molecule has 2 heterocycles. The Morgan fingerprint density at radius 1 is 1.22 bits per heavy atom. The topological polar surface area (TPSA) is 79.6 Å². The lowest BCUT2D eigenvalue weighted by atomic mass is 10.1. The third-order valence-electron chi connectivity index (χ3n) is 5.04. The zero-order valence-corrected chi connectivity index (χ0v) is 16.6. The highest BCUT2D eigenvalue weighted by atomic mass is 32.2. The van der Waals surface area contributed by atoms with Crippen molar-refractivity contribution in [3.8, 4) is 0 Å². The number of amides is 1. The third-order valence-corrected chi connectivity index (χ3v) is 6.15. The van der Waals surface area contributed by atoms with Gasteiger partial charge in [-0.05, 0) is 62.7 Å². The molecule has 0 spiro atoms. The zero-order chi connectivity index (χ0) is 19.4. The van der Waals surface area contributed by atoms with E-state index in [2.05, 4.69) is 10.2 Å². The number of nitrogens with one attached hydrogen (secondary N) is 1. The largest absolute Gasteiger partial charge is 0.468 e. The van der Waals surface area contributed by atoms with E-state index >= 15 is 0 Å². The van der Waals surface area contributed by atoms with Crippen LogP contribution in [0.15, 0.2) is 45.9 Å². The molecular weight excluding hydrogens is 364 g/mol. The highest BCUT2D eigenvalue weighted by Crippen LogP contribution is 2.25. The standard InChI is InChI=1S/C20H26N2O4S/c1-15-8-9-16(27(2,24)25)13-17(15)20(23)21-14-18(19-7-6-12-26-19)22-10-4-3-5-11-22/h6-9,12-13,18H,3-5,10-11,14H2,1-2H3,(H,21,23). The van der Waals surface area contributed by atoms with E-state index in [0.29, 0.717) is 12.1 Å². The van der Waals surface area contributed by atoms with E-state index in [4.69, 9.17) is 4.42 Å². The molecule has 1 N–H and O–H groups in total. The Kier molecular flexibility index (Phi) is 6.01. The molecule has 7 heteroatoms. The first-order chi connectivity index (χ1) is 12.9. The zero-order valence-electron chi connectivity index (χ0n) is 15.8. The summed E-state index contributed by atoms with van der Waals surface area (Å²) in [6.45, 7) is 4.16.